The lowest BCUT2D eigenvalue weighted by atomic mass is 10.0. The molecule has 0 atom stereocenters. The van der Waals surface area contributed by atoms with Gasteiger partial charge in [0.1, 0.15) is 5.76 Å². The molecule has 148 valence electrons. The highest BCUT2D eigenvalue weighted by Crippen LogP contribution is 2.20. The quantitative estimate of drug-likeness (QED) is 0.678. The van der Waals surface area contributed by atoms with Gasteiger partial charge in [0.05, 0.1) is 23.8 Å². The fourth-order valence-electron chi connectivity index (χ4n) is 2.98. The topological polar surface area (TPSA) is 110 Å². The van der Waals surface area contributed by atoms with Crippen LogP contribution in [0, 0.1) is 5.92 Å². The van der Waals surface area contributed by atoms with Crippen molar-refractivity contribution in [2.75, 3.05) is 0 Å². The van der Waals surface area contributed by atoms with E-state index in [-0.39, 0.29) is 35.0 Å². The molecule has 0 spiro atoms. The summed E-state index contributed by atoms with van der Waals surface area (Å²) in [6.07, 6.45) is 1.52. The Morgan fingerprint density at radius 1 is 1.29 bits per heavy atom. The second kappa shape index (κ2) is 7.84. The predicted octanol–water partition coefficient (Wildman–Crippen LogP) is 2.39. The number of nitrogens with zero attached hydrogens (tertiary/aromatic N) is 2. The maximum absolute atomic E-state index is 12.9. The second-order valence-electron chi connectivity index (χ2n) is 7.47. The summed E-state index contributed by atoms with van der Waals surface area (Å²) < 4.78 is 6.66. The number of hydrogen-bond acceptors (Lipinski definition) is 5. The van der Waals surface area contributed by atoms with Crippen LogP contribution in [0.5, 0.6) is 0 Å². The summed E-state index contributed by atoms with van der Waals surface area (Å²) in [5.74, 6) is 0.350. The van der Waals surface area contributed by atoms with Crippen molar-refractivity contribution in [1.29, 1.82) is 0 Å². The molecule has 0 fully saturated rings. The fraction of sp³-hybridized carbons (Fsp3) is 0.400. The lowest BCUT2D eigenvalue weighted by Gasteiger charge is -2.15. The molecular formula is C20H24N4O4. The van der Waals surface area contributed by atoms with Crippen LogP contribution in [0.15, 0.2) is 38.5 Å². The highest BCUT2D eigenvalue weighted by atomic mass is 16.3. The van der Waals surface area contributed by atoms with Crippen LogP contribution in [0.4, 0.5) is 0 Å². The van der Waals surface area contributed by atoms with Crippen LogP contribution < -0.4 is 16.6 Å². The van der Waals surface area contributed by atoms with Crippen LogP contribution in [-0.4, -0.2) is 20.4 Å². The highest BCUT2D eigenvalue weighted by Gasteiger charge is 2.21. The van der Waals surface area contributed by atoms with Gasteiger partial charge in [-0.15, -0.1) is 0 Å². The molecule has 0 aromatic carbocycles. The van der Waals surface area contributed by atoms with Gasteiger partial charge in [0.2, 0.25) is 0 Å². The van der Waals surface area contributed by atoms with E-state index in [4.69, 9.17) is 4.42 Å². The molecule has 3 rings (SSSR count). The van der Waals surface area contributed by atoms with Crippen LogP contribution >= 0.6 is 0 Å². The van der Waals surface area contributed by atoms with Gasteiger partial charge in [-0.1, -0.05) is 27.7 Å². The van der Waals surface area contributed by atoms with Crippen molar-refractivity contribution >= 4 is 16.9 Å². The number of rotatable bonds is 6. The lowest BCUT2D eigenvalue weighted by Crippen LogP contribution is -2.34. The summed E-state index contributed by atoms with van der Waals surface area (Å²) in [6.45, 7) is 8.39. The Kier molecular flexibility index (Phi) is 5.48. The predicted molar refractivity (Wildman–Crippen MR) is 105 cm³/mol. The molecule has 3 heterocycles. The first-order valence-electron chi connectivity index (χ1n) is 9.26. The zero-order valence-electron chi connectivity index (χ0n) is 16.4. The van der Waals surface area contributed by atoms with Gasteiger partial charge in [-0.2, -0.15) is 0 Å². The maximum atomic E-state index is 12.9. The Morgan fingerprint density at radius 3 is 2.64 bits per heavy atom. The van der Waals surface area contributed by atoms with Crippen LogP contribution in [-0.2, 0) is 13.1 Å². The van der Waals surface area contributed by atoms with Gasteiger partial charge in [-0.25, -0.2) is 9.78 Å². The number of amides is 1. The summed E-state index contributed by atoms with van der Waals surface area (Å²) >= 11 is 0. The molecule has 3 aromatic heterocycles. The van der Waals surface area contributed by atoms with Crippen LogP contribution in [0.2, 0.25) is 0 Å². The normalized spacial score (nSPS) is 11.5. The van der Waals surface area contributed by atoms with Gasteiger partial charge in [0.25, 0.3) is 11.5 Å². The van der Waals surface area contributed by atoms with E-state index in [1.165, 1.54) is 10.8 Å². The second-order valence-corrected chi connectivity index (χ2v) is 7.47. The van der Waals surface area contributed by atoms with Crippen LogP contribution in [0.25, 0.3) is 11.0 Å². The molecule has 0 saturated heterocycles. The smallest absolute Gasteiger partial charge is 0.330 e. The molecule has 3 aromatic rings. The van der Waals surface area contributed by atoms with E-state index < -0.39 is 17.2 Å². The van der Waals surface area contributed by atoms with Crippen molar-refractivity contribution < 1.29 is 9.21 Å². The minimum Gasteiger partial charge on any atom is -0.467 e. The Labute approximate surface area is 161 Å². The van der Waals surface area contributed by atoms with Gasteiger partial charge in [-0.05, 0) is 30.0 Å². The van der Waals surface area contributed by atoms with Crippen molar-refractivity contribution in [3.63, 3.8) is 0 Å². The molecule has 8 nitrogen and oxygen atoms in total. The molecule has 0 aliphatic carbocycles. The summed E-state index contributed by atoms with van der Waals surface area (Å²) in [5, 5.41) is 2.87. The fourth-order valence-corrected chi connectivity index (χ4v) is 2.98. The SMILES string of the molecule is CC(C)Cn1c(=O)[nH]c(=O)c2c(C(=O)NCc3ccco3)cc(C(C)C)nc21. The number of furan rings is 1. The summed E-state index contributed by atoms with van der Waals surface area (Å²) in [5.41, 5.74) is -0.0820. The standard InChI is InChI=1S/C20H24N4O4/c1-11(2)10-24-17-16(19(26)23-20(24)27)14(8-15(22-17)12(3)4)18(25)21-9-13-6-5-7-28-13/h5-8,11-12H,9-10H2,1-4H3,(H,21,25)(H,23,26,27). The minimum absolute atomic E-state index is 0.0166. The van der Waals surface area contributed by atoms with Gasteiger partial charge < -0.3 is 9.73 Å². The van der Waals surface area contributed by atoms with E-state index >= 15 is 0 Å². The molecule has 1 amide bonds. The number of aromatic amines is 1. The zero-order valence-corrected chi connectivity index (χ0v) is 16.4. The summed E-state index contributed by atoms with van der Waals surface area (Å²) in [4.78, 5) is 44.7. The molecule has 0 aliphatic rings. The van der Waals surface area contributed by atoms with Crippen molar-refractivity contribution in [1.82, 2.24) is 19.9 Å². The lowest BCUT2D eigenvalue weighted by molar-refractivity contribution is 0.0949. The number of hydrogen-bond donors (Lipinski definition) is 2. The van der Waals surface area contributed by atoms with Crippen LogP contribution in [0.1, 0.15) is 55.4 Å². The van der Waals surface area contributed by atoms with E-state index in [0.29, 0.717) is 18.0 Å². The van der Waals surface area contributed by atoms with Crippen molar-refractivity contribution in [3.8, 4) is 0 Å². The summed E-state index contributed by atoms with van der Waals surface area (Å²) in [7, 11) is 0. The third kappa shape index (κ3) is 3.90. The van der Waals surface area contributed by atoms with E-state index in [1.54, 1.807) is 18.2 Å². The molecular weight excluding hydrogens is 360 g/mol. The van der Waals surface area contributed by atoms with Crippen molar-refractivity contribution in [2.45, 2.75) is 46.7 Å². The first-order chi connectivity index (χ1) is 13.3. The Morgan fingerprint density at radius 2 is 2.04 bits per heavy atom. The Hall–Kier alpha value is -3.16. The molecule has 8 heteroatoms. The molecule has 0 saturated carbocycles. The van der Waals surface area contributed by atoms with Gasteiger partial charge in [0, 0.05) is 12.2 Å². The molecule has 28 heavy (non-hydrogen) atoms. The van der Waals surface area contributed by atoms with E-state index in [9.17, 15) is 14.4 Å². The molecule has 2 N–H and O–H groups in total. The van der Waals surface area contributed by atoms with E-state index in [0.717, 1.165) is 0 Å². The van der Waals surface area contributed by atoms with Crippen molar-refractivity contribution in [3.05, 3.63) is 62.3 Å². The number of nitrogens with one attached hydrogen (secondary N) is 2. The zero-order chi connectivity index (χ0) is 20.4. The van der Waals surface area contributed by atoms with E-state index in [2.05, 4.69) is 15.3 Å². The number of carbonyl (C=O) groups excluding carboxylic acids is 1. The van der Waals surface area contributed by atoms with Gasteiger partial charge in [-0.3, -0.25) is 19.1 Å². The average Bonchev–Trinajstić information content (AvgIpc) is 3.15. The van der Waals surface area contributed by atoms with Gasteiger partial charge in [0.15, 0.2) is 5.65 Å². The maximum Gasteiger partial charge on any atom is 0.330 e. The van der Waals surface area contributed by atoms with E-state index in [1.807, 2.05) is 27.7 Å². The monoisotopic (exact) mass is 384 g/mol. The molecule has 0 radical (unpaired) electrons. The first kappa shape index (κ1) is 19.6. The summed E-state index contributed by atoms with van der Waals surface area (Å²) in [6, 6.07) is 5.09. The third-order valence-corrected chi connectivity index (χ3v) is 4.36. The Bertz CT molecular complexity index is 1110. The van der Waals surface area contributed by atoms with Gasteiger partial charge >= 0.3 is 5.69 Å². The largest absolute Gasteiger partial charge is 0.467 e. The minimum atomic E-state index is -0.619. The van der Waals surface area contributed by atoms with Crippen LogP contribution in [0.3, 0.4) is 0 Å². The molecule has 0 bridgehead atoms. The number of pyridine rings is 1. The average molecular weight is 384 g/mol. The highest BCUT2D eigenvalue weighted by molar-refractivity contribution is 6.05. The van der Waals surface area contributed by atoms with Crippen molar-refractivity contribution in [2.24, 2.45) is 5.92 Å². The molecule has 0 unspecified atom stereocenters. The third-order valence-electron chi connectivity index (χ3n) is 4.36. The number of carbonyl (C=O) groups is 1. The number of H-pyrrole nitrogens is 1. The number of aromatic nitrogens is 3. The first-order valence-corrected chi connectivity index (χ1v) is 9.26. The molecule has 0 aliphatic heterocycles. The number of fused-ring (bicyclic) bond motifs is 1. The Balaban J connectivity index is 2.18.